The molecule has 28 heavy (non-hydrogen) atoms. The maximum atomic E-state index is 6.03. The molecule has 2 heteroatoms. The van der Waals surface area contributed by atoms with E-state index >= 15 is 0 Å². The molecule has 0 atom stereocenters. The summed E-state index contributed by atoms with van der Waals surface area (Å²) in [5, 5.41) is 2.49. The van der Waals surface area contributed by atoms with Crippen molar-refractivity contribution in [1.29, 1.82) is 0 Å². The van der Waals surface area contributed by atoms with Gasteiger partial charge in [-0.1, -0.05) is 72.8 Å². The fourth-order valence-corrected chi connectivity index (χ4v) is 3.73. The van der Waals surface area contributed by atoms with Gasteiger partial charge in [0.2, 0.25) is 0 Å². The van der Waals surface area contributed by atoms with Crippen LogP contribution in [-0.4, -0.2) is 11.3 Å². The van der Waals surface area contributed by atoms with Gasteiger partial charge in [-0.3, -0.25) is 0 Å². The Kier molecular flexibility index (Phi) is 3.95. The quantitative estimate of drug-likeness (QED) is 0.310. The van der Waals surface area contributed by atoms with Crippen molar-refractivity contribution in [3.05, 3.63) is 120 Å². The van der Waals surface area contributed by atoms with Crippen molar-refractivity contribution in [2.24, 2.45) is 0 Å². The van der Waals surface area contributed by atoms with Crippen molar-refractivity contribution in [3.63, 3.8) is 0 Å². The van der Waals surface area contributed by atoms with E-state index in [-0.39, 0.29) is 0 Å². The van der Waals surface area contributed by atoms with E-state index in [4.69, 9.17) is 4.74 Å². The van der Waals surface area contributed by atoms with E-state index in [1.165, 1.54) is 21.9 Å². The van der Waals surface area contributed by atoms with Crippen molar-refractivity contribution >= 4 is 23.6 Å². The molecule has 0 saturated heterocycles. The first-order valence-corrected chi connectivity index (χ1v) is 9.30. The summed E-state index contributed by atoms with van der Waals surface area (Å²) < 4.78 is 7.96. The molecule has 134 valence electrons. The molecule has 0 aliphatic carbocycles. The standard InChI is InChI=1S/C26H19NO/c1-27-17-16-24-23-13-6-5-8-19(23)14-15-25(24)26(27)20-9-7-12-22(18-20)28-21-10-3-2-4-11-21/h2-18H,1H2. The van der Waals surface area contributed by atoms with Crippen LogP contribution in [0.25, 0.3) is 16.8 Å². The van der Waals surface area contributed by atoms with Gasteiger partial charge >= 0.3 is 0 Å². The Morgan fingerprint density at radius 2 is 1.54 bits per heavy atom. The molecule has 0 saturated carbocycles. The van der Waals surface area contributed by atoms with Crippen LogP contribution in [0.3, 0.4) is 0 Å². The van der Waals surface area contributed by atoms with Crippen LogP contribution in [0.1, 0.15) is 16.7 Å². The van der Waals surface area contributed by atoms with Crippen LogP contribution in [0.4, 0.5) is 0 Å². The Morgan fingerprint density at radius 3 is 2.43 bits per heavy atom. The van der Waals surface area contributed by atoms with Crippen LogP contribution >= 0.6 is 0 Å². The van der Waals surface area contributed by atoms with E-state index < -0.39 is 0 Å². The largest absolute Gasteiger partial charge is 0.463 e. The van der Waals surface area contributed by atoms with Gasteiger partial charge in [0.15, 0.2) is 6.04 Å². The third kappa shape index (κ3) is 2.85. The Bertz CT molecular complexity index is 1210. The minimum Gasteiger partial charge on any atom is -0.463 e. The highest BCUT2D eigenvalue weighted by Gasteiger charge is 2.25. The van der Waals surface area contributed by atoms with Crippen LogP contribution in [-0.2, 0) is 0 Å². The second-order valence-electron chi connectivity index (χ2n) is 6.83. The van der Waals surface area contributed by atoms with E-state index in [9.17, 15) is 0 Å². The van der Waals surface area contributed by atoms with Gasteiger partial charge in [0.25, 0.3) is 0 Å². The topological polar surface area (TPSA) is 12.2 Å². The predicted octanol–water partition coefficient (Wildman–Crippen LogP) is 6.26. The molecular formula is C26H19NO. The number of benzene rings is 4. The Hall–Kier alpha value is -3.78. The third-order valence-corrected chi connectivity index (χ3v) is 5.02. The molecule has 1 heterocycles. The molecule has 5 rings (SSSR count). The van der Waals surface area contributed by atoms with Gasteiger partial charge in [-0.15, -0.1) is 0 Å². The Labute approximate surface area is 164 Å². The summed E-state index contributed by atoms with van der Waals surface area (Å²) in [7, 11) is 0. The highest BCUT2D eigenvalue weighted by Crippen LogP contribution is 2.37. The van der Waals surface area contributed by atoms with Crippen LogP contribution in [0.2, 0.25) is 0 Å². The maximum absolute atomic E-state index is 6.03. The first-order chi connectivity index (χ1) is 13.8. The van der Waals surface area contributed by atoms with E-state index in [2.05, 4.69) is 61.3 Å². The van der Waals surface area contributed by atoms with E-state index in [1.54, 1.807) is 0 Å². The number of para-hydroxylation sites is 1. The van der Waals surface area contributed by atoms with Crippen molar-refractivity contribution in [1.82, 2.24) is 0 Å². The third-order valence-electron chi connectivity index (χ3n) is 5.02. The van der Waals surface area contributed by atoms with Gasteiger partial charge in [-0.2, -0.15) is 0 Å². The minimum atomic E-state index is 0.807. The molecule has 0 aromatic heterocycles. The van der Waals surface area contributed by atoms with Crippen molar-refractivity contribution in [2.45, 2.75) is 0 Å². The molecule has 0 bridgehead atoms. The molecule has 0 spiro atoms. The Balaban J connectivity index is 1.59. The normalized spacial score (nSPS) is 12.9. The molecule has 2 nitrogen and oxygen atoms in total. The molecular weight excluding hydrogens is 342 g/mol. The summed E-state index contributed by atoms with van der Waals surface area (Å²) in [6.45, 7) is 4.22. The Morgan fingerprint density at radius 1 is 0.750 bits per heavy atom. The second-order valence-corrected chi connectivity index (χ2v) is 6.83. The molecule has 4 aromatic rings. The predicted molar refractivity (Wildman–Crippen MR) is 115 cm³/mol. The summed E-state index contributed by atoms with van der Waals surface area (Å²) in [4.78, 5) is 0. The lowest BCUT2D eigenvalue weighted by Gasteiger charge is -2.25. The second kappa shape index (κ2) is 6.75. The summed E-state index contributed by atoms with van der Waals surface area (Å²) in [6.07, 6.45) is 4.16. The number of rotatable bonds is 3. The average molecular weight is 361 g/mol. The highest BCUT2D eigenvalue weighted by molar-refractivity contribution is 5.93. The number of nitrogens with zero attached hydrogens (tertiary/aromatic N) is 1. The minimum absolute atomic E-state index is 0.807. The van der Waals surface area contributed by atoms with Gasteiger partial charge in [-0.05, 0) is 51.7 Å². The van der Waals surface area contributed by atoms with Crippen molar-refractivity contribution in [2.75, 3.05) is 0 Å². The lowest BCUT2D eigenvalue weighted by molar-refractivity contribution is -0.418. The van der Waals surface area contributed by atoms with E-state index in [1.807, 2.05) is 53.2 Å². The molecule has 0 fully saturated rings. The molecule has 1 aliphatic heterocycles. The van der Waals surface area contributed by atoms with E-state index in [0.717, 1.165) is 23.1 Å². The molecule has 0 amide bonds. The lowest BCUT2D eigenvalue weighted by Crippen LogP contribution is -2.19. The smallest absolute Gasteiger partial charge is 0.159 e. The molecule has 1 aliphatic rings. The van der Waals surface area contributed by atoms with Gasteiger partial charge in [-0.25, -0.2) is 4.58 Å². The first-order valence-electron chi connectivity index (χ1n) is 9.30. The summed E-state index contributed by atoms with van der Waals surface area (Å²) >= 11 is 0. The first kappa shape index (κ1) is 16.4. The summed E-state index contributed by atoms with van der Waals surface area (Å²) in [5.41, 5.74) is 3.47. The van der Waals surface area contributed by atoms with Crippen LogP contribution in [0.5, 0.6) is 11.5 Å². The van der Waals surface area contributed by atoms with Gasteiger partial charge < -0.3 is 4.74 Å². The lowest BCUT2D eigenvalue weighted by atomic mass is 9.88. The van der Waals surface area contributed by atoms with Crippen LogP contribution < -0.4 is 4.74 Å². The van der Waals surface area contributed by atoms with Gasteiger partial charge in [0, 0.05) is 0 Å². The summed E-state index contributed by atoms with van der Waals surface area (Å²) in [6, 6.07) is 31.9. The fourth-order valence-electron chi connectivity index (χ4n) is 3.73. The maximum Gasteiger partial charge on any atom is 0.159 e. The monoisotopic (exact) mass is 361 g/mol. The van der Waals surface area contributed by atoms with Crippen molar-refractivity contribution < 1.29 is 9.31 Å². The van der Waals surface area contributed by atoms with E-state index in [0.29, 0.717) is 0 Å². The molecule has 4 aromatic carbocycles. The number of hydrogen-bond donors (Lipinski definition) is 0. The van der Waals surface area contributed by atoms with Gasteiger partial charge in [0.05, 0.1) is 6.72 Å². The molecule has 0 radical (unpaired) electrons. The van der Waals surface area contributed by atoms with Crippen LogP contribution in [0.15, 0.2) is 97.2 Å². The number of fused-ring (bicyclic) bond motifs is 3. The fraction of sp³-hybridized carbons (Fsp3) is 0. The molecule has 0 unspecified atom stereocenters. The SMILES string of the molecule is C=[N+]1C=Cc2c(ccc3ccccc23)[C-]1c1cccc(Oc2ccccc2)c1. The summed E-state index contributed by atoms with van der Waals surface area (Å²) in [5.74, 6) is 1.63. The number of ether oxygens (including phenoxy) is 1. The zero-order valence-corrected chi connectivity index (χ0v) is 15.4. The molecule has 0 N–H and O–H groups in total. The van der Waals surface area contributed by atoms with Crippen molar-refractivity contribution in [3.8, 4) is 11.5 Å². The number of hydrogen-bond acceptors (Lipinski definition) is 1. The van der Waals surface area contributed by atoms with Gasteiger partial charge in [0.1, 0.15) is 17.7 Å². The average Bonchev–Trinajstić information content (AvgIpc) is 2.74. The zero-order chi connectivity index (χ0) is 18.9. The van der Waals surface area contributed by atoms with Crippen LogP contribution in [0, 0.1) is 6.04 Å². The highest BCUT2D eigenvalue weighted by atomic mass is 16.5. The zero-order valence-electron chi connectivity index (χ0n) is 15.4.